The van der Waals surface area contributed by atoms with Crippen molar-refractivity contribution in [2.75, 3.05) is 12.4 Å². The Morgan fingerprint density at radius 1 is 1.10 bits per heavy atom. The summed E-state index contributed by atoms with van der Waals surface area (Å²) in [5, 5.41) is 19.8. The predicted molar refractivity (Wildman–Crippen MR) is 123 cm³/mol. The molecule has 158 valence electrons. The third-order valence-corrected chi connectivity index (χ3v) is 5.74. The highest BCUT2D eigenvalue weighted by Crippen LogP contribution is 2.26. The number of hydrogen-bond donors (Lipinski definition) is 1. The summed E-state index contributed by atoms with van der Waals surface area (Å²) < 4.78 is 7.76. The molecule has 30 heavy (non-hydrogen) atoms. The van der Waals surface area contributed by atoms with Gasteiger partial charge in [0.05, 0.1) is 6.10 Å². The summed E-state index contributed by atoms with van der Waals surface area (Å²) in [5.41, 5.74) is 2.36. The van der Waals surface area contributed by atoms with E-state index < -0.39 is 6.10 Å². The number of nitrogens with zero attached hydrogens (tertiary/aromatic N) is 3. The summed E-state index contributed by atoms with van der Waals surface area (Å²) in [7, 11) is 0. The highest BCUT2D eigenvalue weighted by Gasteiger charge is 2.16. The van der Waals surface area contributed by atoms with E-state index in [0.29, 0.717) is 12.3 Å². The number of rotatable bonds is 9. The zero-order chi connectivity index (χ0) is 21.6. The lowest BCUT2D eigenvalue weighted by Crippen LogP contribution is -2.20. The smallest absolute Gasteiger partial charge is 0.191 e. The van der Waals surface area contributed by atoms with Crippen molar-refractivity contribution in [1.82, 2.24) is 14.8 Å². The van der Waals surface area contributed by atoms with Gasteiger partial charge in [-0.1, -0.05) is 81.1 Å². The van der Waals surface area contributed by atoms with Crippen molar-refractivity contribution in [3.63, 3.8) is 0 Å². The molecule has 0 amide bonds. The number of thioether (sulfide) groups is 1. The van der Waals surface area contributed by atoms with Gasteiger partial charge in [-0.2, -0.15) is 0 Å². The maximum absolute atomic E-state index is 10.4. The van der Waals surface area contributed by atoms with E-state index in [-0.39, 0.29) is 12.0 Å². The molecule has 2 aromatic carbocycles. The van der Waals surface area contributed by atoms with Crippen LogP contribution >= 0.6 is 11.8 Å². The zero-order valence-corrected chi connectivity index (χ0v) is 18.6. The fraction of sp³-hybridized carbons (Fsp3) is 0.333. The lowest BCUT2D eigenvalue weighted by Gasteiger charge is -2.19. The summed E-state index contributed by atoms with van der Waals surface area (Å²) in [6.07, 6.45) is 1.20. The van der Waals surface area contributed by atoms with E-state index in [0.717, 1.165) is 22.3 Å². The summed E-state index contributed by atoms with van der Waals surface area (Å²) in [4.78, 5) is 0. The second kappa shape index (κ2) is 9.96. The Labute approximate surface area is 182 Å². The molecular formula is C24H29N3O2S. The normalized spacial score (nSPS) is 12.5. The SMILES string of the molecule is C=CCn1c(SC[C@@H](O)COc2ccc(C(C)(C)C)cc2)nnc1-c1ccccc1. The van der Waals surface area contributed by atoms with E-state index in [1.54, 1.807) is 0 Å². The molecule has 1 atom stereocenters. The molecule has 3 aromatic rings. The molecule has 1 aromatic heterocycles. The predicted octanol–water partition coefficient (Wildman–Crippen LogP) is 4.96. The van der Waals surface area contributed by atoms with Crippen molar-refractivity contribution in [2.45, 2.75) is 44.0 Å². The highest BCUT2D eigenvalue weighted by molar-refractivity contribution is 7.99. The topological polar surface area (TPSA) is 60.2 Å². The molecule has 0 aliphatic heterocycles. The molecule has 1 N–H and O–H groups in total. The standard InChI is InChI=1S/C24H29N3O2S/c1-5-15-27-22(18-9-7-6-8-10-18)25-26-23(27)30-17-20(28)16-29-21-13-11-19(12-14-21)24(2,3)4/h5-14,20,28H,1,15-17H2,2-4H3/t20-/m0/s1. The van der Waals surface area contributed by atoms with Crippen molar-refractivity contribution in [3.8, 4) is 17.1 Å². The maximum atomic E-state index is 10.4. The minimum atomic E-state index is -0.619. The molecular weight excluding hydrogens is 394 g/mol. The van der Waals surface area contributed by atoms with Crippen LogP contribution in [-0.4, -0.2) is 38.3 Å². The number of ether oxygens (including phenoxy) is 1. The van der Waals surface area contributed by atoms with Gasteiger partial charge < -0.3 is 9.84 Å². The summed E-state index contributed by atoms with van der Waals surface area (Å²) in [6, 6.07) is 18.0. The number of aromatic nitrogens is 3. The fourth-order valence-electron chi connectivity index (χ4n) is 2.95. The van der Waals surface area contributed by atoms with E-state index >= 15 is 0 Å². The average molecular weight is 424 g/mol. The largest absolute Gasteiger partial charge is 0.491 e. The van der Waals surface area contributed by atoms with Crippen LogP contribution in [0, 0.1) is 0 Å². The Kier molecular flexibility index (Phi) is 7.34. The Morgan fingerprint density at radius 2 is 1.80 bits per heavy atom. The van der Waals surface area contributed by atoms with Gasteiger partial charge in [-0.15, -0.1) is 16.8 Å². The lowest BCUT2D eigenvalue weighted by molar-refractivity contribution is 0.126. The molecule has 0 bridgehead atoms. The second-order valence-corrected chi connectivity index (χ2v) is 9.11. The maximum Gasteiger partial charge on any atom is 0.191 e. The van der Waals surface area contributed by atoms with Crippen molar-refractivity contribution in [3.05, 3.63) is 72.8 Å². The molecule has 0 spiro atoms. The van der Waals surface area contributed by atoms with Crippen molar-refractivity contribution >= 4 is 11.8 Å². The Balaban J connectivity index is 1.57. The van der Waals surface area contributed by atoms with E-state index in [2.05, 4.69) is 49.7 Å². The molecule has 1 heterocycles. The van der Waals surface area contributed by atoms with E-state index in [9.17, 15) is 5.11 Å². The molecule has 0 radical (unpaired) electrons. The van der Waals surface area contributed by atoms with Crippen LogP contribution in [0.1, 0.15) is 26.3 Å². The van der Waals surface area contributed by atoms with E-state index in [4.69, 9.17) is 4.74 Å². The minimum absolute atomic E-state index is 0.106. The van der Waals surface area contributed by atoms with Gasteiger partial charge in [-0.05, 0) is 23.1 Å². The van der Waals surface area contributed by atoms with Gasteiger partial charge >= 0.3 is 0 Å². The lowest BCUT2D eigenvalue weighted by atomic mass is 9.87. The fourth-order valence-corrected chi connectivity index (χ4v) is 3.81. The number of aliphatic hydroxyl groups is 1. The third-order valence-electron chi connectivity index (χ3n) is 4.63. The van der Waals surface area contributed by atoms with Crippen LogP contribution in [0.15, 0.2) is 72.4 Å². The molecule has 0 unspecified atom stereocenters. The first-order valence-electron chi connectivity index (χ1n) is 10.0. The zero-order valence-electron chi connectivity index (χ0n) is 17.8. The highest BCUT2D eigenvalue weighted by atomic mass is 32.2. The van der Waals surface area contributed by atoms with E-state index in [1.807, 2.05) is 53.1 Å². The monoisotopic (exact) mass is 423 g/mol. The molecule has 5 nitrogen and oxygen atoms in total. The molecule has 0 aliphatic carbocycles. The van der Waals surface area contributed by atoms with Crippen LogP contribution in [0.2, 0.25) is 0 Å². The van der Waals surface area contributed by atoms with Gasteiger partial charge in [-0.3, -0.25) is 4.57 Å². The van der Waals surface area contributed by atoms with Gasteiger partial charge in [-0.25, -0.2) is 0 Å². The van der Waals surface area contributed by atoms with Crippen molar-refractivity contribution < 1.29 is 9.84 Å². The summed E-state index contributed by atoms with van der Waals surface area (Å²) >= 11 is 1.46. The summed E-state index contributed by atoms with van der Waals surface area (Å²) in [6.45, 7) is 11.2. The second-order valence-electron chi connectivity index (χ2n) is 8.12. The molecule has 0 saturated carbocycles. The van der Waals surface area contributed by atoms with Gasteiger partial charge in [0.15, 0.2) is 11.0 Å². The number of benzene rings is 2. The molecule has 0 saturated heterocycles. The Bertz CT molecular complexity index is 947. The molecule has 6 heteroatoms. The van der Waals surface area contributed by atoms with Gasteiger partial charge in [0.25, 0.3) is 0 Å². The molecule has 0 aliphatic rings. The van der Waals surface area contributed by atoms with Gasteiger partial charge in [0, 0.05) is 17.9 Å². The average Bonchev–Trinajstić information content (AvgIpc) is 3.14. The minimum Gasteiger partial charge on any atom is -0.491 e. The van der Waals surface area contributed by atoms with E-state index in [1.165, 1.54) is 17.3 Å². The van der Waals surface area contributed by atoms with Crippen LogP contribution in [0.3, 0.4) is 0 Å². The first kappa shape index (κ1) is 22.1. The van der Waals surface area contributed by atoms with Crippen molar-refractivity contribution in [1.29, 1.82) is 0 Å². The third kappa shape index (κ3) is 5.74. The van der Waals surface area contributed by atoms with Crippen LogP contribution in [-0.2, 0) is 12.0 Å². The first-order chi connectivity index (χ1) is 14.4. The Hall–Kier alpha value is -2.57. The first-order valence-corrected chi connectivity index (χ1v) is 11.0. The van der Waals surface area contributed by atoms with Crippen LogP contribution in [0.5, 0.6) is 5.75 Å². The number of aliphatic hydroxyl groups excluding tert-OH is 1. The van der Waals surface area contributed by atoms with Crippen molar-refractivity contribution in [2.24, 2.45) is 0 Å². The quantitative estimate of drug-likeness (QED) is 0.389. The van der Waals surface area contributed by atoms with Crippen LogP contribution in [0.25, 0.3) is 11.4 Å². The van der Waals surface area contributed by atoms with Gasteiger partial charge in [0.1, 0.15) is 12.4 Å². The number of allylic oxidation sites excluding steroid dienone is 1. The number of hydrogen-bond acceptors (Lipinski definition) is 5. The molecule has 0 fully saturated rings. The summed E-state index contributed by atoms with van der Waals surface area (Å²) in [5.74, 6) is 2.01. The van der Waals surface area contributed by atoms with Crippen LogP contribution in [0.4, 0.5) is 0 Å². The Morgan fingerprint density at radius 3 is 2.43 bits per heavy atom. The van der Waals surface area contributed by atoms with Gasteiger partial charge in [0.2, 0.25) is 0 Å². The molecule has 3 rings (SSSR count). The van der Waals surface area contributed by atoms with Crippen LogP contribution < -0.4 is 4.74 Å².